The van der Waals surface area contributed by atoms with E-state index in [0.29, 0.717) is 16.6 Å². The number of carbonyl (C=O) groups is 1. The molecule has 27 heavy (non-hydrogen) atoms. The van der Waals surface area contributed by atoms with Crippen LogP contribution in [0.5, 0.6) is 0 Å². The SMILES string of the molecule is CCC(=O)c1cc(F)cc2nc(-c3c[nH]c4c(F)c(F)c(F)cc34)ccc12. The number of H-pyrrole nitrogens is 1. The van der Waals surface area contributed by atoms with E-state index in [1.165, 1.54) is 12.3 Å². The molecule has 2 heterocycles. The summed E-state index contributed by atoms with van der Waals surface area (Å²) in [4.78, 5) is 19.0. The number of hydrogen-bond acceptors (Lipinski definition) is 2. The number of aromatic amines is 1. The predicted octanol–water partition coefficient (Wildman–Crippen LogP) is 5.53. The van der Waals surface area contributed by atoms with Crippen molar-refractivity contribution in [3.63, 3.8) is 0 Å². The van der Waals surface area contributed by atoms with Crippen LogP contribution < -0.4 is 0 Å². The highest BCUT2D eigenvalue weighted by molar-refractivity contribution is 6.08. The van der Waals surface area contributed by atoms with Gasteiger partial charge in [-0.3, -0.25) is 4.79 Å². The van der Waals surface area contributed by atoms with E-state index in [1.807, 2.05) is 0 Å². The fourth-order valence-corrected chi connectivity index (χ4v) is 3.15. The molecular weight excluding hydrogens is 360 g/mol. The quantitative estimate of drug-likeness (QED) is 0.292. The summed E-state index contributed by atoms with van der Waals surface area (Å²) in [5, 5.41) is 0.592. The zero-order chi connectivity index (χ0) is 19.3. The highest BCUT2D eigenvalue weighted by Crippen LogP contribution is 2.32. The Labute approximate surface area is 150 Å². The van der Waals surface area contributed by atoms with Gasteiger partial charge in [0.05, 0.1) is 16.7 Å². The van der Waals surface area contributed by atoms with Crippen molar-refractivity contribution in [2.24, 2.45) is 0 Å². The molecule has 0 saturated heterocycles. The first-order valence-corrected chi connectivity index (χ1v) is 8.19. The Morgan fingerprint density at radius 3 is 2.56 bits per heavy atom. The molecule has 0 atom stereocenters. The summed E-state index contributed by atoms with van der Waals surface area (Å²) in [7, 11) is 0. The van der Waals surface area contributed by atoms with E-state index < -0.39 is 23.3 Å². The average molecular weight is 372 g/mol. The largest absolute Gasteiger partial charge is 0.358 e. The van der Waals surface area contributed by atoms with Crippen molar-refractivity contribution in [3.05, 3.63) is 65.4 Å². The van der Waals surface area contributed by atoms with Crippen molar-refractivity contribution in [2.45, 2.75) is 13.3 Å². The second kappa shape index (κ2) is 6.19. The van der Waals surface area contributed by atoms with Crippen LogP contribution >= 0.6 is 0 Å². The van der Waals surface area contributed by atoms with E-state index in [1.54, 1.807) is 19.1 Å². The molecule has 3 nitrogen and oxygen atoms in total. The first-order chi connectivity index (χ1) is 12.9. The van der Waals surface area contributed by atoms with Crippen molar-refractivity contribution in [3.8, 4) is 11.3 Å². The molecule has 4 aromatic rings. The zero-order valence-electron chi connectivity index (χ0n) is 14.0. The number of ketones is 1. The van der Waals surface area contributed by atoms with Crippen molar-refractivity contribution >= 4 is 27.6 Å². The van der Waals surface area contributed by atoms with Gasteiger partial charge in [-0.05, 0) is 24.3 Å². The smallest absolute Gasteiger partial charge is 0.196 e. The minimum absolute atomic E-state index is 0.111. The third-order valence-corrected chi connectivity index (χ3v) is 4.48. The third kappa shape index (κ3) is 2.66. The number of fused-ring (bicyclic) bond motifs is 2. The van der Waals surface area contributed by atoms with Crippen LogP contribution in [0.25, 0.3) is 33.1 Å². The van der Waals surface area contributed by atoms with Gasteiger partial charge in [0.15, 0.2) is 23.2 Å². The van der Waals surface area contributed by atoms with Gasteiger partial charge >= 0.3 is 0 Å². The van der Waals surface area contributed by atoms with Gasteiger partial charge in [-0.2, -0.15) is 0 Å². The van der Waals surface area contributed by atoms with Crippen LogP contribution in [-0.2, 0) is 0 Å². The van der Waals surface area contributed by atoms with Gasteiger partial charge in [0, 0.05) is 40.6 Å². The lowest BCUT2D eigenvalue weighted by atomic mass is 10.0. The third-order valence-electron chi connectivity index (χ3n) is 4.48. The van der Waals surface area contributed by atoms with E-state index in [4.69, 9.17) is 0 Å². The minimum atomic E-state index is -1.56. The summed E-state index contributed by atoms with van der Waals surface area (Å²) in [6.07, 6.45) is 1.59. The van der Waals surface area contributed by atoms with Crippen LogP contribution in [0.3, 0.4) is 0 Å². The minimum Gasteiger partial charge on any atom is -0.358 e. The first-order valence-electron chi connectivity index (χ1n) is 8.19. The summed E-state index contributed by atoms with van der Waals surface area (Å²) >= 11 is 0. The van der Waals surface area contributed by atoms with Crippen LogP contribution in [0.15, 0.2) is 36.5 Å². The molecule has 4 rings (SSSR count). The van der Waals surface area contributed by atoms with Crippen molar-refractivity contribution in [1.29, 1.82) is 0 Å². The predicted molar refractivity (Wildman–Crippen MR) is 93.5 cm³/mol. The number of nitrogens with zero attached hydrogens (tertiary/aromatic N) is 1. The lowest BCUT2D eigenvalue weighted by Gasteiger charge is -2.07. The lowest BCUT2D eigenvalue weighted by Crippen LogP contribution is -2.00. The van der Waals surface area contributed by atoms with Crippen molar-refractivity contribution < 1.29 is 22.4 Å². The number of rotatable bonds is 3. The van der Waals surface area contributed by atoms with Crippen molar-refractivity contribution in [1.82, 2.24) is 9.97 Å². The van der Waals surface area contributed by atoms with Crippen LogP contribution in [0.1, 0.15) is 23.7 Å². The summed E-state index contributed by atoms with van der Waals surface area (Å²) < 4.78 is 54.9. The monoisotopic (exact) mass is 372 g/mol. The second-order valence-electron chi connectivity index (χ2n) is 6.10. The second-order valence-corrected chi connectivity index (χ2v) is 6.10. The van der Waals surface area contributed by atoms with Gasteiger partial charge in [-0.25, -0.2) is 22.5 Å². The zero-order valence-corrected chi connectivity index (χ0v) is 14.0. The van der Waals surface area contributed by atoms with Gasteiger partial charge in [-0.1, -0.05) is 6.92 Å². The Hall–Kier alpha value is -3.22. The molecule has 0 unspecified atom stereocenters. The molecule has 0 aliphatic heterocycles. The number of nitrogens with one attached hydrogen (secondary N) is 1. The van der Waals surface area contributed by atoms with E-state index in [2.05, 4.69) is 9.97 Å². The fraction of sp³-hybridized carbons (Fsp3) is 0.100. The molecule has 1 N–H and O–H groups in total. The summed E-state index contributed by atoms with van der Waals surface area (Å²) in [6, 6.07) is 6.39. The Morgan fingerprint density at radius 1 is 1.04 bits per heavy atom. The Morgan fingerprint density at radius 2 is 1.81 bits per heavy atom. The Bertz CT molecular complexity index is 1230. The molecule has 7 heteroatoms. The standard InChI is InChI=1S/C20H12F4N2O/c1-2-17(27)11-5-9(21)6-16-10(11)3-4-15(26-16)13-8-25-20-12(13)7-14(22)18(23)19(20)24/h3-8,25H,2H2,1H3. The molecule has 0 bridgehead atoms. The fourth-order valence-electron chi connectivity index (χ4n) is 3.15. The van der Waals surface area contributed by atoms with E-state index in [9.17, 15) is 22.4 Å². The maximum atomic E-state index is 13.9. The molecule has 136 valence electrons. The number of carbonyl (C=O) groups excluding carboxylic acids is 1. The molecule has 2 aromatic carbocycles. The van der Waals surface area contributed by atoms with E-state index in [-0.39, 0.29) is 34.2 Å². The molecule has 0 saturated carbocycles. The highest BCUT2D eigenvalue weighted by atomic mass is 19.2. The van der Waals surface area contributed by atoms with Crippen LogP contribution in [0.4, 0.5) is 17.6 Å². The molecular formula is C20H12F4N2O. The number of aromatic nitrogens is 2. The number of hydrogen-bond donors (Lipinski definition) is 1. The normalized spacial score (nSPS) is 11.4. The Balaban J connectivity index is 1.96. The maximum Gasteiger partial charge on any atom is 0.196 e. The number of Topliss-reactive ketones (excluding diaryl/α,β-unsaturated/α-hetero) is 1. The average Bonchev–Trinajstić information content (AvgIpc) is 3.08. The number of benzene rings is 2. The molecule has 0 aliphatic rings. The molecule has 2 aromatic heterocycles. The van der Waals surface area contributed by atoms with Gasteiger partial charge in [-0.15, -0.1) is 0 Å². The van der Waals surface area contributed by atoms with Crippen molar-refractivity contribution in [2.75, 3.05) is 0 Å². The van der Waals surface area contributed by atoms with Gasteiger partial charge in [0.2, 0.25) is 0 Å². The number of pyridine rings is 1. The van der Waals surface area contributed by atoms with E-state index in [0.717, 1.165) is 12.1 Å². The molecule has 0 aliphatic carbocycles. The van der Waals surface area contributed by atoms with Gasteiger partial charge < -0.3 is 4.98 Å². The summed E-state index contributed by atoms with van der Waals surface area (Å²) in [5.74, 6) is -5.03. The summed E-state index contributed by atoms with van der Waals surface area (Å²) in [6.45, 7) is 1.68. The van der Waals surface area contributed by atoms with Gasteiger partial charge in [0.1, 0.15) is 5.82 Å². The number of halogens is 4. The van der Waals surface area contributed by atoms with E-state index >= 15 is 0 Å². The Kier molecular flexibility index (Phi) is 3.95. The molecule has 0 fully saturated rings. The molecule has 0 radical (unpaired) electrons. The van der Waals surface area contributed by atoms with Crippen LogP contribution in [0, 0.1) is 23.3 Å². The topological polar surface area (TPSA) is 45.8 Å². The highest BCUT2D eigenvalue weighted by Gasteiger charge is 2.19. The van der Waals surface area contributed by atoms with Crippen LogP contribution in [0.2, 0.25) is 0 Å². The lowest BCUT2D eigenvalue weighted by molar-refractivity contribution is 0.0989. The summed E-state index contributed by atoms with van der Waals surface area (Å²) in [5.41, 5.74) is 0.912. The van der Waals surface area contributed by atoms with Crippen LogP contribution in [-0.4, -0.2) is 15.8 Å². The maximum absolute atomic E-state index is 13.9. The molecule has 0 spiro atoms. The van der Waals surface area contributed by atoms with Gasteiger partial charge in [0.25, 0.3) is 0 Å². The molecule has 0 amide bonds. The first kappa shape index (κ1) is 17.2.